The maximum atomic E-state index is 5.51. The Morgan fingerprint density at radius 2 is 2.27 bits per heavy atom. The summed E-state index contributed by atoms with van der Waals surface area (Å²) in [5.74, 6) is 0. The van der Waals surface area contributed by atoms with Gasteiger partial charge in [0.25, 0.3) is 0 Å². The lowest BCUT2D eigenvalue weighted by Crippen LogP contribution is -2.03. The molecule has 0 saturated carbocycles. The molecule has 0 aromatic carbocycles. The lowest BCUT2D eigenvalue weighted by atomic mass is 10.1. The lowest BCUT2D eigenvalue weighted by Gasteiger charge is -1.98. The minimum Gasteiger partial charge on any atom is -0.330 e. The van der Waals surface area contributed by atoms with E-state index in [1.807, 2.05) is 25.1 Å². The van der Waals surface area contributed by atoms with Crippen molar-refractivity contribution in [2.75, 3.05) is 6.54 Å². The van der Waals surface area contributed by atoms with Gasteiger partial charge in [0.05, 0.1) is 5.69 Å². The van der Waals surface area contributed by atoms with Crippen LogP contribution in [0, 0.1) is 6.92 Å². The van der Waals surface area contributed by atoms with Gasteiger partial charge >= 0.3 is 0 Å². The third-order valence-corrected chi connectivity index (χ3v) is 2.41. The molecule has 15 heavy (non-hydrogen) atoms. The van der Waals surface area contributed by atoms with Crippen LogP contribution in [0.25, 0.3) is 11.4 Å². The van der Waals surface area contributed by atoms with Gasteiger partial charge in [-0.1, -0.05) is 6.07 Å². The number of aromatic amines is 1. The number of nitrogens with zero attached hydrogens (tertiary/aromatic N) is 2. The highest BCUT2D eigenvalue weighted by molar-refractivity contribution is 5.59. The normalized spacial score (nSPS) is 10.5. The first-order chi connectivity index (χ1) is 7.33. The number of pyridine rings is 1. The number of hydrogen-bond acceptors (Lipinski definition) is 3. The molecule has 4 nitrogen and oxygen atoms in total. The molecule has 0 unspecified atom stereocenters. The predicted molar refractivity (Wildman–Crippen MR) is 59.3 cm³/mol. The Kier molecular flexibility index (Phi) is 2.78. The minimum atomic E-state index is 0.630. The van der Waals surface area contributed by atoms with Crippen LogP contribution in [0.15, 0.2) is 24.4 Å². The summed E-state index contributed by atoms with van der Waals surface area (Å²) >= 11 is 0. The second-order valence-corrected chi connectivity index (χ2v) is 3.43. The largest absolute Gasteiger partial charge is 0.330 e. The number of nitrogens with two attached hydrogens (primary N) is 1. The number of H-pyrrole nitrogens is 1. The molecular formula is C11H14N4. The van der Waals surface area contributed by atoms with Crippen molar-refractivity contribution in [1.82, 2.24) is 15.2 Å². The molecule has 0 aliphatic rings. The molecule has 0 saturated heterocycles. The highest BCUT2D eigenvalue weighted by atomic mass is 15.1. The Morgan fingerprint density at radius 3 is 2.93 bits per heavy atom. The Balaban J connectivity index is 2.38. The van der Waals surface area contributed by atoms with Gasteiger partial charge < -0.3 is 5.73 Å². The van der Waals surface area contributed by atoms with E-state index in [4.69, 9.17) is 5.73 Å². The van der Waals surface area contributed by atoms with Crippen LogP contribution >= 0.6 is 0 Å². The summed E-state index contributed by atoms with van der Waals surface area (Å²) < 4.78 is 0. The standard InChI is InChI=1S/C11H14N4/c1-8-9(5-6-12)14-15-11(8)10-4-2-3-7-13-10/h2-4,7H,5-6,12H2,1H3,(H,14,15). The first-order valence-corrected chi connectivity index (χ1v) is 4.98. The highest BCUT2D eigenvalue weighted by Gasteiger charge is 2.10. The molecule has 0 aliphatic heterocycles. The van der Waals surface area contributed by atoms with Crippen LogP contribution in [0.5, 0.6) is 0 Å². The van der Waals surface area contributed by atoms with Crippen molar-refractivity contribution in [2.45, 2.75) is 13.3 Å². The predicted octanol–water partition coefficient (Wildman–Crippen LogP) is 1.28. The first kappa shape index (κ1) is 9.86. The molecule has 4 heteroatoms. The van der Waals surface area contributed by atoms with Crippen molar-refractivity contribution < 1.29 is 0 Å². The van der Waals surface area contributed by atoms with Gasteiger partial charge in [-0.25, -0.2) is 0 Å². The van der Waals surface area contributed by atoms with Crippen LogP contribution in [0.2, 0.25) is 0 Å². The quantitative estimate of drug-likeness (QED) is 0.787. The maximum Gasteiger partial charge on any atom is 0.114 e. The van der Waals surface area contributed by atoms with E-state index in [1.165, 1.54) is 0 Å². The van der Waals surface area contributed by atoms with Gasteiger partial charge in [-0.3, -0.25) is 10.1 Å². The topological polar surface area (TPSA) is 67.6 Å². The molecule has 0 atom stereocenters. The van der Waals surface area contributed by atoms with Crippen molar-refractivity contribution >= 4 is 0 Å². The molecule has 2 heterocycles. The monoisotopic (exact) mass is 202 g/mol. The fourth-order valence-corrected chi connectivity index (χ4v) is 1.57. The first-order valence-electron chi connectivity index (χ1n) is 4.98. The fraction of sp³-hybridized carbons (Fsp3) is 0.273. The van der Waals surface area contributed by atoms with Crippen molar-refractivity contribution in [3.05, 3.63) is 35.7 Å². The van der Waals surface area contributed by atoms with Gasteiger partial charge in [0.1, 0.15) is 5.69 Å². The molecule has 78 valence electrons. The molecule has 2 aromatic rings. The van der Waals surface area contributed by atoms with Crippen LogP contribution in [0.3, 0.4) is 0 Å². The molecular weight excluding hydrogens is 188 g/mol. The number of nitrogens with one attached hydrogen (secondary N) is 1. The van der Waals surface area contributed by atoms with Gasteiger partial charge in [0, 0.05) is 18.3 Å². The van der Waals surface area contributed by atoms with Crippen molar-refractivity contribution in [3.63, 3.8) is 0 Å². The molecule has 0 amide bonds. The van der Waals surface area contributed by atoms with Crippen LogP contribution in [-0.4, -0.2) is 21.7 Å². The number of aromatic nitrogens is 3. The zero-order valence-corrected chi connectivity index (χ0v) is 8.70. The maximum absolute atomic E-state index is 5.51. The van der Waals surface area contributed by atoms with E-state index >= 15 is 0 Å². The Labute approximate surface area is 88.5 Å². The van der Waals surface area contributed by atoms with Crippen LogP contribution in [0.1, 0.15) is 11.3 Å². The Bertz CT molecular complexity index is 433. The summed E-state index contributed by atoms with van der Waals surface area (Å²) in [4.78, 5) is 4.27. The molecule has 0 bridgehead atoms. The summed E-state index contributed by atoms with van der Waals surface area (Å²) in [5.41, 5.74) is 9.56. The molecule has 3 N–H and O–H groups in total. The Morgan fingerprint density at radius 1 is 1.40 bits per heavy atom. The molecule has 2 aromatic heterocycles. The SMILES string of the molecule is Cc1c(-c2ccccn2)n[nH]c1CCN. The van der Waals surface area contributed by atoms with E-state index in [9.17, 15) is 0 Å². The summed E-state index contributed by atoms with van der Waals surface area (Å²) in [6.07, 6.45) is 2.59. The third kappa shape index (κ3) is 1.89. The van der Waals surface area contributed by atoms with E-state index in [0.29, 0.717) is 6.54 Å². The van der Waals surface area contributed by atoms with Crippen LogP contribution in [-0.2, 0) is 6.42 Å². The van der Waals surface area contributed by atoms with Crippen molar-refractivity contribution in [3.8, 4) is 11.4 Å². The number of hydrogen-bond donors (Lipinski definition) is 2. The fourth-order valence-electron chi connectivity index (χ4n) is 1.57. The second-order valence-electron chi connectivity index (χ2n) is 3.43. The minimum absolute atomic E-state index is 0.630. The lowest BCUT2D eigenvalue weighted by molar-refractivity contribution is 0.895. The van der Waals surface area contributed by atoms with E-state index < -0.39 is 0 Å². The molecule has 0 aliphatic carbocycles. The Hall–Kier alpha value is -1.68. The zero-order chi connectivity index (χ0) is 10.7. The molecule has 2 rings (SSSR count). The van der Waals surface area contributed by atoms with Crippen LogP contribution in [0.4, 0.5) is 0 Å². The average molecular weight is 202 g/mol. The van der Waals surface area contributed by atoms with Crippen molar-refractivity contribution in [2.24, 2.45) is 5.73 Å². The smallest absolute Gasteiger partial charge is 0.114 e. The van der Waals surface area contributed by atoms with Crippen LogP contribution < -0.4 is 5.73 Å². The molecule has 0 radical (unpaired) electrons. The average Bonchev–Trinajstić information content (AvgIpc) is 2.63. The van der Waals surface area contributed by atoms with Gasteiger partial charge in [-0.05, 0) is 31.2 Å². The van der Waals surface area contributed by atoms with E-state index in [2.05, 4.69) is 15.2 Å². The van der Waals surface area contributed by atoms with Gasteiger partial charge in [-0.15, -0.1) is 0 Å². The van der Waals surface area contributed by atoms with Gasteiger partial charge in [0.2, 0.25) is 0 Å². The number of rotatable bonds is 3. The van der Waals surface area contributed by atoms with E-state index in [0.717, 1.165) is 29.1 Å². The van der Waals surface area contributed by atoms with E-state index in [-0.39, 0.29) is 0 Å². The summed E-state index contributed by atoms with van der Waals surface area (Å²) in [5, 5.41) is 7.26. The molecule has 0 spiro atoms. The van der Waals surface area contributed by atoms with Gasteiger partial charge in [0.15, 0.2) is 0 Å². The summed E-state index contributed by atoms with van der Waals surface area (Å²) in [7, 11) is 0. The highest BCUT2D eigenvalue weighted by Crippen LogP contribution is 2.20. The second kappa shape index (κ2) is 4.23. The summed E-state index contributed by atoms with van der Waals surface area (Å²) in [6, 6.07) is 5.81. The third-order valence-electron chi connectivity index (χ3n) is 2.41. The summed E-state index contributed by atoms with van der Waals surface area (Å²) in [6.45, 7) is 2.67. The molecule has 0 fully saturated rings. The zero-order valence-electron chi connectivity index (χ0n) is 8.70. The van der Waals surface area contributed by atoms with E-state index in [1.54, 1.807) is 6.20 Å². The van der Waals surface area contributed by atoms with Crippen molar-refractivity contribution in [1.29, 1.82) is 0 Å². The van der Waals surface area contributed by atoms with Gasteiger partial charge in [-0.2, -0.15) is 5.10 Å².